The zero-order valence-corrected chi connectivity index (χ0v) is 10.7. The zero-order valence-electron chi connectivity index (χ0n) is 9.92. The Morgan fingerprint density at radius 1 is 1.40 bits per heavy atom. The van der Waals surface area contributed by atoms with Gasteiger partial charge in [0.05, 0.1) is 6.04 Å². The lowest BCUT2D eigenvalue weighted by Crippen LogP contribution is -2.40. The van der Waals surface area contributed by atoms with E-state index >= 15 is 0 Å². The highest BCUT2D eigenvalue weighted by molar-refractivity contribution is 7.98. The lowest BCUT2D eigenvalue weighted by Gasteiger charge is -2.11. The summed E-state index contributed by atoms with van der Waals surface area (Å²) in [6.07, 6.45) is 7.22. The van der Waals surface area contributed by atoms with Crippen LogP contribution in [0, 0.1) is 0 Å². The van der Waals surface area contributed by atoms with Crippen LogP contribution in [0.3, 0.4) is 0 Å². The molecule has 0 aromatic heterocycles. The number of nitrogens with one attached hydrogen (secondary N) is 1. The Morgan fingerprint density at radius 2 is 2.13 bits per heavy atom. The fraction of sp³-hybridized carbons (Fsp3) is 0.909. The molecule has 1 amide bonds. The number of carbonyl (C=O) groups excluding carboxylic acids is 1. The van der Waals surface area contributed by atoms with Crippen molar-refractivity contribution in [2.75, 3.05) is 18.6 Å². The molecule has 0 aliphatic rings. The van der Waals surface area contributed by atoms with Crippen LogP contribution in [0.4, 0.5) is 0 Å². The Kier molecular flexibility index (Phi) is 10.2. The highest BCUT2D eigenvalue weighted by Crippen LogP contribution is 1.99. The molecule has 1 atom stereocenters. The van der Waals surface area contributed by atoms with Gasteiger partial charge in [-0.25, -0.2) is 0 Å². The molecular weight excluding hydrogens is 208 g/mol. The molecule has 15 heavy (non-hydrogen) atoms. The maximum Gasteiger partial charge on any atom is 0.236 e. The molecule has 0 rings (SSSR count). The quantitative estimate of drug-likeness (QED) is 0.596. The minimum Gasteiger partial charge on any atom is -0.355 e. The predicted molar refractivity (Wildman–Crippen MR) is 68.1 cm³/mol. The summed E-state index contributed by atoms with van der Waals surface area (Å²) in [5.41, 5.74) is 5.73. The largest absolute Gasteiger partial charge is 0.355 e. The number of unbranched alkanes of at least 4 members (excludes halogenated alkanes) is 2. The maximum absolute atomic E-state index is 11.4. The van der Waals surface area contributed by atoms with E-state index in [1.165, 1.54) is 0 Å². The fourth-order valence-electron chi connectivity index (χ4n) is 1.27. The lowest BCUT2D eigenvalue weighted by molar-refractivity contribution is -0.122. The Bertz CT molecular complexity index is 165. The van der Waals surface area contributed by atoms with Crippen LogP contribution >= 0.6 is 11.8 Å². The Hall–Kier alpha value is -0.220. The third-order valence-corrected chi connectivity index (χ3v) is 2.98. The average Bonchev–Trinajstić information content (AvgIpc) is 2.25. The summed E-state index contributed by atoms with van der Waals surface area (Å²) in [5.74, 6) is 1.17. The van der Waals surface area contributed by atoms with Crippen molar-refractivity contribution in [1.29, 1.82) is 0 Å². The normalized spacial score (nSPS) is 12.5. The number of nitrogens with two attached hydrogens (primary N) is 1. The van der Waals surface area contributed by atoms with Gasteiger partial charge in [0, 0.05) is 6.54 Å². The van der Waals surface area contributed by atoms with Crippen molar-refractivity contribution in [2.24, 2.45) is 5.73 Å². The Balaban J connectivity index is 3.38. The summed E-state index contributed by atoms with van der Waals surface area (Å²) < 4.78 is 0. The summed E-state index contributed by atoms with van der Waals surface area (Å²) in [7, 11) is 0. The molecule has 0 saturated heterocycles. The minimum atomic E-state index is -0.314. The maximum atomic E-state index is 11.4. The third kappa shape index (κ3) is 8.75. The monoisotopic (exact) mass is 232 g/mol. The minimum absolute atomic E-state index is 0.00704. The first-order valence-electron chi connectivity index (χ1n) is 5.74. The SMILES string of the molecule is CCCC[C@H](N)C(=O)NCCCCSC. The first-order chi connectivity index (χ1) is 7.22. The van der Waals surface area contributed by atoms with E-state index in [4.69, 9.17) is 5.73 Å². The molecule has 0 aromatic carbocycles. The van der Waals surface area contributed by atoms with Gasteiger partial charge in [0.15, 0.2) is 0 Å². The molecule has 0 bridgehead atoms. The number of carbonyl (C=O) groups is 1. The van der Waals surface area contributed by atoms with Gasteiger partial charge in [-0.15, -0.1) is 0 Å². The first kappa shape index (κ1) is 14.8. The summed E-state index contributed by atoms with van der Waals surface area (Å²) >= 11 is 1.84. The highest BCUT2D eigenvalue weighted by atomic mass is 32.2. The molecule has 4 heteroatoms. The van der Waals surface area contributed by atoms with Crippen LogP contribution < -0.4 is 11.1 Å². The van der Waals surface area contributed by atoms with Gasteiger partial charge in [-0.3, -0.25) is 4.79 Å². The Labute approximate surface area is 97.6 Å². The van der Waals surface area contributed by atoms with Crippen LogP contribution in [0.1, 0.15) is 39.0 Å². The van der Waals surface area contributed by atoms with Gasteiger partial charge in [-0.05, 0) is 31.3 Å². The number of hydrogen-bond acceptors (Lipinski definition) is 3. The summed E-state index contributed by atoms with van der Waals surface area (Å²) in [6.45, 7) is 2.87. The Morgan fingerprint density at radius 3 is 2.73 bits per heavy atom. The van der Waals surface area contributed by atoms with Crippen LogP contribution in [0.25, 0.3) is 0 Å². The van der Waals surface area contributed by atoms with Crippen LogP contribution in [-0.4, -0.2) is 30.5 Å². The third-order valence-electron chi connectivity index (χ3n) is 2.28. The highest BCUT2D eigenvalue weighted by Gasteiger charge is 2.11. The van der Waals surface area contributed by atoms with Gasteiger partial charge >= 0.3 is 0 Å². The number of hydrogen-bond donors (Lipinski definition) is 2. The first-order valence-corrected chi connectivity index (χ1v) is 7.14. The molecule has 0 heterocycles. The van der Waals surface area contributed by atoms with E-state index in [9.17, 15) is 4.79 Å². The van der Waals surface area contributed by atoms with Gasteiger partial charge in [-0.1, -0.05) is 19.8 Å². The van der Waals surface area contributed by atoms with E-state index in [2.05, 4.69) is 18.5 Å². The van der Waals surface area contributed by atoms with Crippen molar-refractivity contribution in [3.63, 3.8) is 0 Å². The summed E-state index contributed by atoms with van der Waals surface area (Å²) in [6, 6.07) is -0.314. The van der Waals surface area contributed by atoms with Crippen molar-refractivity contribution < 1.29 is 4.79 Å². The molecule has 0 radical (unpaired) electrons. The standard InChI is InChI=1S/C11H24N2OS/c1-3-4-7-10(12)11(14)13-8-5-6-9-15-2/h10H,3-9,12H2,1-2H3,(H,13,14)/t10-/m0/s1. The van der Waals surface area contributed by atoms with Crippen molar-refractivity contribution in [1.82, 2.24) is 5.32 Å². The topological polar surface area (TPSA) is 55.1 Å². The van der Waals surface area contributed by atoms with Gasteiger partial charge in [0.25, 0.3) is 0 Å². The number of rotatable bonds is 9. The second-order valence-corrected chi connectivity index (χ2v) is 4.73. The average molecular weight is 232 g/mol. The van der Waals surface area contributed by atoms with Crippen molar-refractivity contribution in [3.05, 3.63) is 0 Å². The number of thioether (sulfide) groups is 1. The molecule has 0 aromatic rings. The molecule has 0 saturated carbocycles. The van der Waals surface area contributed by atoms with E-state index in [0.717, 1.165) is 44.4 Å². The molecule has 3 nitrogen and oxygen atoms in total. The zero-order chi connectivity index (χ0) is 11.5. The van der Waals surface area contributed by atoms with Crippen LogP contribution in [-0.2, 0) is 4.79 Å². The van der Waals surface area contributed by atoms with E-state index in [1.807, 2.05) is 11.8 Å². The molecule has 90 valence electrons. The van der Waals surface area contributed by atoms with Crippen molar-refractivity contribution in [2.45, 2.75) is 45.1 Å². The fourth-order valence-corrected chi connectivity index (χ4v) is 1.76. The summed E-state index contributed by atoms with van der Waals surface area (Å²) in [4.78, 5) is 11.4. The molecule has 0 aliphatic carbocycles. The molecule has 0 aliphatic heterocycles. The van der Waals surface area contributed by atoms with E-state index in [1.54, 1.807) is 0 Å². The van der Waals surface area contributed by atoms with Crippen LogP contribution in [0.5, 0.6) is 0 Å². The molecular formula is C11H24N2OS. The van der Waals surface area contributed by atoms with Gasteiger partial charge in [-0.2, -0.15) is 11.8 Å². The van der Waals surface area contributed by atoms with Gasteiger partial charge in [0.1, 0.15) is 0 Å². The van der Waals surface area contributed by atoms with E-state index in [-0.39, 0.29) is 11.9 Å². The van der Waals surface area contributed by atoms with Crippen molar-refractivity contribution in [3.8, 4) is 0 Å². The molecule has 0 fully saturated rings. The lowest BCUT2D eigenvalue weighted by atomic mass is 10.1. The molecule has 0 unspecified atom stereocenters. The smallest absolute Gasteiger partial charge is 0.236 e. The second-order valence-electron chi connectivity index (χ2n) is 3.74. The van der Waals surface area contributed by atoms with Gasteiger partial charge in [0.2, 0.25) is 5.91 Å². The van der Waals surface area contributed by atoms with E-state index < -0.39 is 0 Å². The van der Waals surface area contributed by atoms with E-state index in [0.29, 0.717) is 0 Å². The second kappa shape index (κ2) is 10.3. The molecule has 3 N–H and O–H groups in total. The number of amides is 1. The van der Waals surface area contributed by atoms with Crippen molar-refractivity contribution >= 4 is 17.7 Å². The molecule has 0 spiro atoms. The van der Waals surface area contributed by atoms with Crippen LogP contribution in [0.2, 0.25) is 0 Å². The predicted octanol–water partition coefficient (Wildman–Crippen LogP) is 1.76. The summed E-state index contributed by atoms with van der Waals surface area (Å²) in [5, 5.41) is 2.88. The van der Waals surface area contributed by atoms with Crippen LogP contribution in [0.15, 0.2) is 0 Å². The van der Waals surface area contributed by atoms with Gasteiger partial charge < -0.3 is 11.1 Å².